The van der Waals surface area contributed by atoms with Crippen LogP contribution in [0.4, 0.5) is 13.2 Å². The third-order valence-electron chi connectivity index (χ3n) is 2.00. The topological polar surface area (TPSA) is 52.3 Å². The molecule has 0 bridgehead atoms. The molecule has 0 heterocycles. The Kier molecular flexibility index (Phi) is 4.51. The number of alkyl halides is 3. The molecule has 0 unspecified atom stereocenters. The highest BCUT2D eigenvalue weighted by Crippen LogP contribution is 2.23. The van der Waals surface area contributed by atoms with Gasteiger partial charge in [0.15, 0.2) is 5.78 Å². The Bertz CT molecular complexity index is 391. The monoisotopic (exact) mass is 247 g/mol. The third kappa shape index (κ3) is 4.86. The number of hydrogen-bond donors (Lipinski definition) is 1. The smallest absolute Gasteiger partial charge is 0.406 e. The summed E-state index contributed by atoms with van der Waals surface area (Å²) in [6, 6.07) is 5.01. The van der Waals surface area contributed by atoms with Crippen molar-refractivity contribution in [2.24, 2.45) is 5.73 Å². The van der Waals surface area contributed by atoms with Gasteiger partial charge in [-0.25, -0.2) is 0 Å². The lowest BCUT2D eigenvalue weighted by Crippen LogP contribution is -2.17. The van der Waals surface area contributed by atoms with Crippen molar-refractivity contribution < 1.29 is 22.7 Å². The molecule has 0 spiro atoms. The van der Waals surface area contributed by atoms with Gasteiger partial charge in [0.2, 0.25) is 0 Å². The fourth-order valence-corrected chi connectivity index (χ4v) is 1.27. The van der Waals surface area contributed by atoms with Crippen LogP contribution in [0, 0.1) is 0 Å². The highest BCUT2D eigenvalue weighted by molar-refractivity contribution is 5.96. The predicted molar refractivity (Wildman–Crippen MR) is 55.7 cm³/mol. The minimum Gasteiger partial charge on any atom is -0.406 e. The van der Waals surface area contributed by atoms with Gasteiger partial charge in [0.05, 0.1) is 0 Å². The molecule has 2 N–H and O–H groups in total. The summed E-state index contributed by atoms with van der Waals surface area (Å²) in [5.41, 5.74) is 5.44. The first kappa shape index (κ1) is 13.5. The van der Waals surface area contributed by atoms with E-state index >= 15 is 0 Å². The Morgan fingerprint density at radius 3 is 2.65 bits per heavy atom. The average Bonchev–Trinajstić information content (AvgIpc) is 2.24. The van der Waals surface area contributed by atoms with E-state index in [9.17, 15) is 18.0 Å². The molecule has 0 radical (unpaired) electrons. The number of carbonyl (C=O) groups is 1. The van der Waals surface area contributed by atoms with Crippen LogP contribution in [0.15, 0.2) is 24.3 Å². The molecule has 0 aliphatic carbocycles. The van der Waals surface area contributed by atoms with Crippen LogP contribution in [0.25, 0.3) is 0 Å². The minimum atomic E-state index is -4.75. The van der Waals surface area contributed by atoms with E-state index in [0.29, 0.717) is 13.0 Å². The van der Waals surface area contributed by atoms with E-state index < -0.39 is 12.1 Å². The Morgan fingerprint density at radius 2 is 2.06 bits per heavy atom. The summed E-state index contributed by atoms with van der Waals surface area (Å²) >= 11 is 0. The van der Waals surface area contributed by atoms with E-state index in [1.54, 1.807) is 0 Å². The third-order valence-corrected chi connectivity index (χ3v) is 2.00. The summed E-state index contributed by atoms with van der Waals surface area (Å²) in [5.74, 6) is -0.640. The maximum Gasteiger partial charge on any atom is 0.573 e. The van der Waals surface area contributed by atoms with Crippen LogP contribution in [0.5, 0.6) is 5.75 Å². The Hall–Kier alpha value is -1.56. The van der Waals surface area contributed by atoms with Crippen LogP contribution in [0.3, 0.4) is 0 Å². The van der Waals surface area contributed by atoms with E-state index in [-0.39, 0.29) is 17.8 Å². The standard InChI is InChI=1S/C11H12F3NO2/c12-11(13,14)17-9-4-1-3-8(7-9)10(16)5-2-6-15/h1,3-4,7H,2,5-6,15H2. The molecule has 1 aromatic carbocycles. The molecule has 0 aliphatic heterocycles. The highest BCUT2D eigenvalue weighted by atomic mass is 19.4. The minimum absolute atomic E-state index is 0.195. The Balaban J connectivity index is 2.75. The highest BCUT2D eigenvalue weighted by Gasteiger charge is 2.31. The predicted octanol–water partition coefficient (Wildman–Crippen LogP) is 2.51. The van der Waals surface area contributed by atoms with Gasteiger partial charge in [-0.3, -0.25) is 4.79 Å². The van der Waals surface area contributed by atoms with Crippen molar-refractivity contribution in [3.05, 3.63) is 29.8 Å². The molecule has 1 aromatic rings. The summed E-state index contributed by atoms with van der Waals surface area (Å²) in [7, 11) is 0. The van der Waals surface area contributed by atoms with Gasteiger partial charge >= 0.3 is 6.36 Å². The number of ketones is 1. The van der Waals surface area contributed by atoms with Gasteiger partial charge in [-0.1, -0.05) is 12.1 Å². The number of halogens is 3. The number of Topliss-reactive ketones (excluding diaryl/α,β-unsaturated/α-hetero) is 1. The molecule has 1 rings (SSSR count). The number of rotatable bonds is 5. The van der Waals surface area contributed by atoms with Crippen LogP contribution in [0.2, 0.25) is 0 Å². The maximum atomic E-state index is 12.0. The van der Waals surface area contributed by atoms with Gasteiger partial charge < -0.3 is 10.5 Å². The molecule has 0 aromatic heterocycles. The second kappa shape index (κ2) is 5.67. The van der Waals surface area contributed by atoms with Gasteiger partial charge in [-0.15, -0.1) is 13.2 Å². The molecule has 0 atom stereocenters. The second-order valence-corrected chi connectivity index (χ2v) is 3.39. The van der Waals surface area contributed by atoms with Gasteiger partial charge in [-0.05, 0) is 25.1 Å². The van der Waals surface area contributed by atoms with Crippen molar-refractivity contribution in [2.45, 2.75) is 19.2 Å². The maximum absolute atomic E-state index is 12.0. The number of ether oxygens (including phenoxy) is 1. The number of carbonyl (C=O) groups excluding carboxylic acids is 1. The van der Waals surface area contributed by atoms with Crippen LogP contribution in [0.1, 0.15) is 23.2 Å². The summed E-state index contributed by atoms with van der Waals surface area (Å²) in [6.07, 6.45) is -4.03. The van der Waals surface area contributed by atoms with Crippen molar-refractivity contribution in [1.82, 2.24) is 0 Å². The quantitative estimate of drug-likeness (QED) is 0.813. The number of benzene rings is 1. The SMILES string of the molecule is NCCCC(=O)c1cccc(OC(F)(F)F)c1. The lowest BCUT2D eigenvalue weighted by atomic mass is 10.1. The van der Waals surface area contributed by atoms with E-state index in [4.69, 9.17) is 5.73 Å². The lowest BCUT2D eigenvalue weighted by Gasteiger charge is -2.09. The van der Waals surface area contributed by atoms with Crippen molar-refractivity contribution in [1.29, 1.82) is 0 Å². The molecular weight excluding hydrogens is 235 g/mol. The molecule has 6 heteroatoms. The lowest BCUT2D eigenvalue weighted by molar-refractivity contribution is -0.274. The van der Waals surface area contributed by atoms with Crippen molar-refractivity contribution >= 4 is 5.78 Å². The first-order chi connectivity index (χ1) is 7.92. The van der Waals surface area contributed by atoms with E-state index in [1.807, 2.05) is 0 Å². The zero-order valence-electron chi connectivity index (χ0n) is 8.96. The van der Waals surface area contributed by atoms with Crippen LogP contribution in [-0.4, -0.2) is 18.7 Å². The molecule has 0 fully saturated rings. The van der Waals surface area contributed by atoms with Gasteiger partial charge in [-0.2, -0.15) is 0 Å². The molecule has 0 saturated carbocycles. The first-order valence-electron chi connectivity index (χ1n) is 5.01. The molecular formula is C11H12F3NO2. The normalized spacial score (nSPS) is 11.3. The molecule has 94 valence electrons. The molecule has 0 saturated heterocycles. The molecule has 0 aliphatic rings. The summed E-state index contributed by atoms with van der Waals surface area (Å²) < 4.78 is 39.6. The fourth-order valence-electron chi connectivity index (χ4n) is 1.27. The Morgan fingerprint density at radius 1 is 1.35 bits per heavy atom. The molecule has 3 nitrogen and oxygen atoms in total. The average molecular weight is 247 g/mol. The van der Waals surface area contributed by atoms with Gasteiger partial charge in [0, 0.05) is 12.0 Å². The summed E-state index contributed by atoms with van der Waals surface area (Å²) in [6.45, 7) is 0.366. The zero-order valence-corrected chi connectivity index (χ0v) is 8.96. The summed E-state index contributed by atoms with van der Waals surface area (Å²) in [4.78, 5) is 11.5. The van der Waals surface area contributed by atoms with E-state index in [0.717, 1.165) is 12.1 Å². The number of nitrogens with two attached hydrogens (primary N) is 1. The first-order valence-corrected chi connectivity index (χ1v) is 5.01. The van der Waals surface area contributed by atoms with Gasteiger partial charge in [0.1, 0.15) is 5.75 Å². The summed E-state index contributed by atoms with van der Waals surface area (Å²) in [5, 5.41) is 0. The zero-order chi connectivity index (χ0) is 12.9. The van der Waals surface area contributed by atoms with Gasteiger partial charge in [0.25, 0.3) is 0 Å². The molecule has 0 amide bonds. The largest absolute Gasteiger partial charge is 0.573 e. The van der Waals surface area contributed by atoms with E-state index in [1.165, 1.54) is 12.1 Å². The molecule has 17 heavy (non-hydrogen) atoms. The van der Waals surface area contributed by atoms with Crippen LogP contribution in [-0.2, 0) is 0 Å². The van der Waals surface area contributed by atoms with Crippen molar-refractivity contribution in [3.63, 3.8) is 0 Å². The van der Waals surface area contributed by atoms with Crippen molar-refractivity contribution in [3.8, 4) is 5.75 Å². The van der Waals surface area contributed by atoms with Crippen molar-refractivity contribution in [2.75, 3.05) is 6.54 Å². The van der Waals surface area contributed by atoms with Crippen LogP contribution >= 0.6 is 0 Å². The fraction of sp³-hybridized carbons (Fsp3) is 0.364. The second-order valence-electron chi connectivity index (χ2n) is 3.39. The van der Waals surface area contributed by atoms with Crippen LogP contribution < -0.4 is 10.5 Å². The Labute approximate surface area is 96.4 Å². The van der Waals surface area contributed by atoms with E-state index in [2.05, 4.69) is 4.74 Å². The number of hydrogen-bond acceptors (Lipinski definition) is 3.